The zero-order chi connectivity index (χ0) is 55.6. The Hall–Kier alpha value is -6.12. The molecule has 3 aromatic carbocycles. The third kappa shape index (κ3) is 15.3. The number of piperidine rings is 1. The standard InChI is InChI=1S/C57H75ClN10O7S2/c1-35(2)75-48-29-43(37(5)28-46(48)64-56-61-31-44(58)54(66-56)63-45-14-11-12-16-49(45)77(72,73)36(3)4)41-21-25-67(26-22-41)32-50(69)59-23-27-74-33-51(70)65-53(57(8,9)10)39(7)68-24-13-15-47(68)55(71)60-30-40-17-19-42(20-18-40)52-38(6)62-34-76-52/h11-12,14,16-20,28-29,31,34-36,41,47,53H,7,13,15,21-27,30,32-33H2,1-6,8-10H3,(H,59,69)(H,60,71)(H,65,70)(H2,61,63,64,66). The highest BCUT2D eigenvalue weighted by atomic mass is 35.5. The van der Waals surface area contributed by atoms with Gasteiger partial charge in [-0.15, -0.1) is 11.3 Å². The van der Waals surface area contributed by atoms with Crippen LogP contribution in [0.1, 0.15) is 102 Å². The number of likely N-dealkylation sites (tertiary alicyclic amines) is 2. The number of para-hydroxylation sites is 1. The van der Waals surface area contributed by atoms with Crippen molar-refractivity contribution in [1.29, 1.82) is 0 Å². The first-order valence-corrected chi connectivity index (χ1v) is 29.2. The molecule has 2 unspecified atom stereocenters. The summed E-state index contributed by atoms with van der Waals surface area (Å²) < 4.78 is 38.3. The first kappa shape index (κ1) is 58.6. The fraction of sp³-hybridized carbons (Fsp3) is 0.474. The summed E-state index contributed by atoms with van der Waals surface area (Å²) >= 11 is 8.14. The van der Waals surface area contributed by atoms with Crippen molar-refractivity contribution < 1.29 is 32.3 Å². The van der Waals surface area contributed by atoms with Gasteiger partial charge in [0, 0.05) is 25.3 Å². The van der Waals surface area contributed by atoms with E-state index in [9.17, 15) is 22.8 Å². The van der Waals surface area contributed by atoms with Crippen LogP contribution in [-0.4, -0.2) is 120 Å². The van der Waals surface area contributed by atoms with Gasteiger partial charge in [0.05, 0.1) is 69.1 Å². The summed E-state index contributed by atoms with van der Waals surface area (Å²) in [7, 11) is -3.60. The molecule has 2 atom stereocenters. The summed E-state index contributed by atoms with van der Waals surface area (Å²) in [6.45, 7) is 24.8. The van der Waals surface area contributed by atoms with Gasteiger partial charge in [0.2, 0.25) is 23.7 Å². The summed E-state index contributed by atoms with van der Waals surface area (Å²) in [5, 5.41) is 15.2. The molecule has 2 saturated heterocycles. The normalized spacial score (nSPS) is 15.8. The van der Waals surface area contributed by atoms with E-state index in [1.807, 2.05) is 70.2 Å². The lowest BCUT2D eigenvalue weighted by molar-refractivity contribution is -0.127. The maximum Gasteiger partial charge on any atom is 0.246 e. The molecule has 2 fully saturated rings. The van der Waals surface area contributed by atoms with Crippen LogP contribution >= 0.6 is 22.9 Å². The zero-order valence-corrected chi connectivity index (χ0v) is 48.2. The van der Waals surface area contributed by atoms with Crippen molar-refractivity contribution in [3.05, 3.63) is 112 Å². The minimum absolute atomic E-state index is 0.0698. The van der Waals surface area contributed by atoms with Crippen molar-refractivity contribution in [3.8, 4) is 16.2 Å². The predicted molar refractivity (Wildman–Crippen MR) is 306 cm³/mol. The quantitative estimate of drug-likeness (QED) is 0.0386. The zero-order valence-electron chi connectivity index (χ0n) is 45.8. The molecule has 5 aromatic rings. The van der Waals surface area contributed by atoms with E-state index >= 15 is 0 Å². The van der Waals surface area contributed by atoms with Crippen molar-refractivity contribution in [1.82, 2.24) is 40.7 Å². The van der Waals surface area contributed by atoms with E-state index < -0.39 is 32.6 Å². The molecule has 7 rings (SSSR count). The lowest BCUT2D eigenvalue weighted by Crippen LogP contribution is -2.52. The van der Waals surface area contributed by atoms with Crippen LogP contribution in [0.25, 0.3) is 10.4 Å². The number of aromatic nitrogens is 3. The molecule has 2 aliphatic heterocycles. The highest BCUT2D eigenvalue weighted by Gasteiger charge is 2.38. The van der Waals surface area contributed by atoms with Gasteiger partial charge in [0.1, 0.15) is 23.4 Å². The van der Waals surface area contributed by atoms with E-state index in [4.69, 9.17) is 21.1 Å². The van der Waals surface area contributed by atoms with E-state index in [0.717, 1.165) is 65.2 Å². The summed E-state index contributed by atoms with van der Waals surface area (Å²) in [6, 6.07) is 18.1. The number of thiazole rings is 1. The number of hydrogen-bond acceptors (Lipinski definition) is 15. The maximum atomic E-state index is 13.6. The Morgan fingerprint density at radius 2 is 1.64 bits per heavy atom. The van der Waals surface area contributed by atoms with Gasteiger partial charge in [-0.25, -0.2) is 18.4 Å². The highest BCUT2D eigenvalue weighted by molar-refractivity contribution is 7.92. The number of rotatable bonds is 23. The fourth-order valence-corrected chi connectivity index (χ4v) is 11.9. The fourth-order valence-electron chi connectivity index (χ4n) is 9.73. The third-order valence-corrected chi connectivity index (χ3v) is 17.3. The van der Waals surface area contributed by atoms with Gasteiger partial charge in [0.25, 0.3) is 0 Å². The Kier molecular flexibility index (Phi) is 19.8. The number of anilines is 4. The number of sulfone groups is 1. The largest absolute Gasteiger partial charge is 0.489 e. The average molecular weight is 1110 g/mol. The minimum Gasteiger partial charge on any atom is -0.489 e. The molecule has 0 saturated carbocycles. The van der Waals surface area contributed by atoms with Crippen LogP contribution in [-0.2, 0) is 35.5 Å². The Labute approximate surface area is 463 Å². The molecular formula is C57H75ClN10O7S2. The number of aryl methyl sites for hydroxylation is 2. The van der Waals surface area contributed by atoms with Gasteiger partial charge in [0.15, 0.2) is 15.7 Å². The number of halogens is 1. The molecule has 20 heteroatoms. The van der Waals surface area contributed by atoms with E-state index in [1.165, 1.54) is 6.20 Å². The van der Waals surface area contributed by atoms with E-state index in [2.05, 4.69) is 78.1 Å². The molecule has 414 valence electrons. The van der Waals surface area contributed by atoms with E-state index in [1.54, 1.807) is 49.4 Å². The van der Waals surface area contributed by atoms with Crippen LogP contribution in [0.4, 0.5) is 23.1 Å². The summed E-state index contributed by atoms with van der Waals surface area (Å²) in [4.78, 5) is 58.8. The molecule has 0 radical (unpaired) electrons. The van der Waals surface area contributed by atoms with Crippen LogP contribution in [0.15, 0.2) is 89.5 Å². The SMILES string of the molecule is C=C(C(NC(=O)COCCNC(=O)CN1CCC(c2cc(OC(C)C)c(Nc3ncc(Cl)c(Nc4ccccc4S(=O)(=O)C(C)C)n3)cc2C)CC1)C(C)(C)C)N1CCCC1C(=O)NCc1ccc(-c2scnc2C)cc1. The second-order valence-corrected chi connectivity index (χ2v) is 25.2. The number of carbonyl (C=O) groups is 3. The molecular weight excluding hydrogens is 1040 g/mol. The van der Waals surface area contributed by atoms with Crippen molar-refractivity contribution in [2.24, 2.45) is 5.41 Å². The van der Waals surface area contributed by atoms with Gasteiger partial charge in [-0.1, -0.05) is 75.3 Å². The van der Waals surface area contributed by atoms with Crippen LogP contribution in [0.5, 0.6) is 5.75 Å². The first-order chi connectivity index (χ1) is 36.6. The number of carbonyl (C=O) groups excluding carboxylic acids is 3. The smallest absolute Gasteiger partial charge is 0.246 e. The third-order valence-electron chi connectivity index (χ3n) is 13.8. The molecule has 0 aliphatic carbocycles. The Morgan fingerprint density at radius 3 is 2.31 bits per heavy atom. The summed E-state index contributed by atoms with van der Waals surface area (Å²) in [5.74, 6) is 0.874. The maximum absolute atomic E-state index is 13.6. The van der Waals surface area contributed by atoms with Crippen molar-refractivity contribution in [3.63, 3.8) is 0 Å². The van der Waals surface area contributed by atoms with E-state index in [-0.39, 0.29) is 77.7 Å². The molecule has 4 heterocycles. The van der Waals surface area contributed by atoms with Crippen molar-refractivity contribution in [2.75, 3.05) is 56.6 Å². The monoisotopic (exact) mass is 1110 g/mol. The number of hydrogen-bond donors (Lipinski definition) is 5. The molecule has 5 N–H and O–H groups in total. The Bertz CT molecular complexity index is 2990. The minimum atomic E-state index is -3.60. The number of nitrogens with zero attached hydrogens (tertiary/aromatic N) is 5. The topological polar surface area (TPSA) is 209 Å². The molecule has 17 nitrogen and oxygen atoms in total. The molecule has 3 amide bonds. The van der Waals surface area contributed by atoms with Crippen molar-refractivity contribution >= 4 is 73.6 Å². The highest BCUT2D eigenvalue weighted by Crippen LogP contribution is 2.39. The lowest BCUT2D eigenvalue weighted by Gasteiger charge is -2.39. The number of nitrogens with one attached hydrogen (secondary N) is 5. The lowest BCUT2D eigenvalue weighted by atomic mass is 9.84. The van der Waals surface area contributed by atoms with Crippen molar-refractivity contribution in [2.45, 2.75) is 129 Å². The van der Waals surface area contributed by atoms with Crippen LogP contribution in [0.2, 0.25) is 5.02 Å². The van der Waals surface area contributed by atoms with Gasteiger partial charge in [-0.05, 0) is 138 Å². The number of benzene rings is 3. The van der Waals surface area contributed by atoms with E-state index in [0.29, 0.717) is 42.3 Å². The number of ether oxygens (including phenoxy) is 2. The second kappa shape index (κ2) is 26.0. The van der Waals surface area contributed by atoms with Gasteiger partial charge in [-0.2, -0.15) is 4.98 Å². The van der Waals surface area contributed by atoms with Gasteiger partial charge >= 0.3 is 0 Å². The molecule has 77 heavy (non-hydrogen) atoms. The molecule has 2 aromatic heterocycles. The van der Waals surface area contributed by atoms with Gasteiger partial charge in [-0.3, -0.25) is 19.3 Å². The second-order valence-electron chi connectivity index (χ2n) is 21.4. The van der Waals surface area contributed by atoms with Crippen LogP contribution in [0, 0.1) is 19.3 Å². The average Bonchev–Trinajstić information content (AvgIpc) is 4.06. The van der Waals surface area contributed by atoms with Crippen LogP contribution < -0.4 is 31.3 Å². The summed E-state index contributed by atoms with van der Waals surface area (Å²) in [5.41, 5.74) is 8.49. The molecule has 0 bridgehead atoms. The Balaban J connectivity index is 0.846. The number of amides is 3. The van der Waals surface area contributed by atoms with Crippen LogP contribution in [0.3, 0.4) is 0 Å². The summed E-state index contributed by atoms with van der Waals surface area (Å²) in [6.07, 6.45) is 4.55. The first-order valence-electron chi connectivity index (χ1n) is 26.4. The Morgan fingerprint density at radius 1 is 0.909 bits per heavy atom. The van der Waals surface area contributed by atoms with Gasteiger partial charge < -0.3 is 41.0 Å². The predicted octanol–water partition coefficient (Wildman–Crippen LogP) is 9.46. The molecule has 0 spiro atoms. The molecule has 2 aliphatic rings.